The molecule has 0 amide bonds. The maximum absolute atomic E-state index is 5.85. The Bertz CT molecular complexity index is 717. The molecule has 5 heteroatoms. The van der Waals surface area contributed by atoms with Crippen LogP contribution in [-0.2, 0) is 6.54 Å². The average molecular weight is 299 g/mol. The van der Waals surface area contributed by atoms with Crippen molar-refractivity contribution in [2.45, 2.75) is 13.5 Å². The maximum Gasteiger partial charge on any atom is 0.181 e. The van der Waals surface area contributed by atoms with Gasteiger partial charge in [0, 0.05) is 16.3 Å². The second-order valence-electron chi connectivity index (χ2n) is 4.83. The molecular formula is C16H15ClN4. The van der Waals surface area contributed by atoms with Crippen LogP contribution in [0.3, 0.4) is 0 Å². The van der Waals surface area contributed by atoms with Gasteiger partial charge in [0.1, 0.15) is 5.82 Å². The highest BCUT2D eigenvalue weighted by Crippen LogP contribution is 2.16. The number of rotatable bonds is 4. The third-order valence-corrected chi connectivity index (χ3v) is 3.40. The van der Waals surface area contributed by atoms with Crippen molar-refractivity contribution in [3.8, 4) is 11.4 Å². The van der Waals surface area contributed by atoms with Crippen molar-refractivity contribution in [1.82, 2.24) is 15.2 Å². The predicted octanol–water partition coefficient (Wildman–Crippen LogP) is 4.05. The van der Waals surface area contributed by atoms with Gasteiger partial charge in [0.15, 0.2) is 5.82 Å². The summed E-state index contributed by atoms with van der Waals surface area (Å²) in [6.45, 7) is 2.64. The van der Waals surface area contributed by atoms with Crippen LogP contribution in [0.2, 0.25) is 5.02 Å². The SMILES string of the molecule is Cc1ccc(-c2n[nH]c(CNc3ccc(Cl)cc3)n2)cc1. The lowest BCUT2D eigenvalue weighted by atomic mass is 10.1. The minimum Gasteiger partial charge on any atom is -0.378 e. The second kappa shape index (κ2) is 5.97. The van der Waals surface area contributed by atoms with Crippen LogP contribution in [0.4, 0.5) is 5.69 Å². The largest absolute Gasteiger partial charge is 0.378 e. The third-order valence-electron chi connectivity index (χ3n) is 3.15. The van der Waals surface area contributed by atoms with Crippen LogP contribution >= 0.6 is 11.6 Å². The van der Waals surface area contributed by atoms with Gasteiger partial charge < -0.3 is 5.32 Å². The summed E-state index contributed by atoms with van der Waals surface area (Å²) in [5.74, 6) is 1.50. The van der Waals surface area contributed by atoms with Crippen LogP contribution in [-0.4, -0.2) is 15.2 Å². The van der Waals surface area contributed by atoms with Gasteiger partial charge in [0.05, 0.1) is 6.54 Å². The molecule has 3 aromatic rings. The van der Waals surface area contributed by atoms with E-state index in [0.717, 1.165) is 22.1 Å². The number of hydrogen-bond donors (Lipinski definition) is 2. The molecule has 0 bridgehead atoms. The zero-order valence-corrected chi connectivity index (χ0v) is 12.4. The van der Waals surface area contributed by atoms with Gasteiger partial charge in [0.25, 0.3) is 0 Å². The van der Waals surface area contributed by atoms with E-state index in [0.29, 0.717) is 12.4 Å². The Balaban J connectivity index is 1.67. The van der Waals surface area contributed by atoms with Crippen LogP contribution in [0.5, 0.6) is 0 Å². The van der Waals surface area contributed by atoms with Crippen LogP contribution in [0, 0.1) is 6.92 Å². The third kappa shape index (κ3) is 3.41. The lowest BCUT2D eigenvalue weighted by Crippen LogP contribution is -2.00. The molecule has 0 radical (unpaired) electrons. The van der Waals surface area contributed by atoms with E-state index in [1.807, 2.05) is 36.4 Å². The van der Waals surface area contributed by atoms with Crippen molar-refractivity contribution in [2.75, 3.05) is 5.32 Å². The molecular weight excluding hydrogens is 284 g/mol. The number of hydrogen-bond acceptors (Lipinski definition) is 3. The fourth-order valence-electron chi connectivity index (χ4n) is 1.96. The molecule has 0 spiro atoms. The molecule has 0 fully saturated rings. The van der Waals surface area contributed by atoms with Crippen molar-refractivity contribution in [3.05, 3.63) is 64.9 Å². The predicted molar refractivity (Wildman–Crippen MR) is 85.3 cm³/mol. The van der Waals surface area contributed by atoms with Gasteiger partial charge in [0.2, 0.25) is 0 Å². The van der Waals surface area contributed by atoms with Gasteiger partial charge in [-0.15, -0.1) is 0 Å². The van der Waals surface area contributed by atoms with E-state index in [4.69, 9.17) is 11.6 Å². The molecule has 2 aromatic carbocycles. The van der Waals surface area contributed by atoms with Gasteiger partial charge in [-0.05, 0) is 31.2 Å². The van der Waals surface area contributed by atoms with Crippen LogP contribution in [0.25, 0.3) is 11.4 Å². The van der Waals surface area contributed by atoms with Crippen LogP contribution < -0.4 is 5.32 Å². The first-order chi connectivity index (χ1) is 10.2. The Morgan fingerprint density at radius 2 is 1.76 bits per heavy atom. The van der Waals surface area contributed by atoms with Gasteiger partial charge in [-0.1, -0.05) is 41.4 Å². The fraction of sp³-hybridized carbons (Fsp3) is 0.125. The molecule has 106 valence electrons. The van der Waals surface area contributed by atoms with Crippen molar-refractivity contribution in [2.24, 2.45) is 0 Å². The topological polar surface area (TPSA) is 53.6 Å². The zero-order valence-electron chi connectivity index (χ0n) is 11.6. The van der Waals surface area contributed by atoms with E-state index in [-0.39, 0.29) is 0 Å². The minimum absolute atomic E-state index is 0.584. The van der Waals surface area contributed by atoms with E-state index in [1.165, 1.54) is 5.56 Å². The molecule has 3 rings (SSSR count). The molecule has 2 N–H and O–H groups in total. The second-order valence-corrected chi connectivity index (χ2v) is 5.27. The smallest absolute Gasteiger partial charge is 0.181 e. The van der Waals surface area contributed by atoms with Gasteiger partial charge in [-0.3, -0.25) is 5.10 Å². The highest BCUT2D eigenvalue weighted by Gasteiger charge is 2.05. The summed E-state index contributed by atoms with van der Waals surface area (Å²) < 4.78 is 0. The van der Waals surface area contributed by atoms with Gasteiger partial charge >= 0.3 is 0 Å². The first-order valence-corrected chi connectivity index (χ1v) is 7.06. The van der Waals surface area contributed by atoms with E-state index in [2.05, 4.69) is 39.6 Å². The lowest BCUT2D eigenvalue weighted by molar-refractivity contribution is 0.955. The Morgan fingerprint density at radius 3 is 2.48 bits per heavy atom. The Labute approximate surface area is 128 Å². The Hall–Kier alpha value is -2.33. The summed E-state index contributed by atoms with van der Waals surface area (Å²) in [6, 6.07) is 15.7. The molecule has 0 saturated heterocycles. The molecule has 4 nitrogen and oxygen atoms in total. The zero-order chi connectivity index (χ0) is 14.7. The van der Waals surface area contributed by atoms with E-state index in [9.17, 15) is 0 Å². The fourth-order valence-corrected chi connectivity index (χ4v) is 2.09. The lowest BCUT2D eigenvalue weighted by Gasteiger charge is -2.03. The Morgan fingerprint density at radius 1 is 1.05 bits per heavy atom. The number of nitrogens with one attached hydrogen (secondary N) is 2. The normalized spacial score (nSPS) is 10.6. The van der Waals surface area contributed by atoms with Crippen molar-refractivity contribution in [3.63, 3.8) is 0 Å². The van der Waals surface area contributed by atoms with E-state index in [1.54, 1.807) is 0 Å². The molecule has 21 heavy (non-hydrogen) atoms. The summed E-state index contributed by atoms with van der Waals surface area (Å²) in [4.78, 5) is 4.49. The van der Waals surface area contributed by atoms with E-state index < -0.39 is 0 Å². The maximum atomic E-state index is 5.85. The Kier molecular flexibility index (Phi) is 3.88. The number of aryl methyl sites for hydroxylation is 1. The van der Waals surface area contributed by atoms with Crippen molar-refractivity contribution >= 4 is 17.3 Å². The molecule has 0 unspecified atom stereocenters. The number of H-pyrrole nitrogens is 1. The molecule has 0 saturated carbocycles. The molecule has 0 aliphatic rings. The average Bonchev–Trinajstić information content (AvgIpc) is 2.96. The first kappa shape index (κ1) is 13.6. The summed E-state index contributed by atoms with van der Waals surface area (Å²) in [6.07, 6.45) is 0. The van der Waals surface area contributed by atoms with Crippen LogP contribution in [0.15, 0.2) is 48.5 Å². The van der Waals surface area contributed by atoms with Crippen molar-refractivity contribution < 1.29 is 0 Å². The number of aromatic amines is 1. The number of anilines is 1. The summed E-state index contributed by atoms with van der Waals surface area (Å²) in [7, 11) is 0. The summed E-state index contributed by atoms with van der Waals surface area (Å²) in [5, 5.41) is 11.2. The minimum atomic E-state index is 0.584. The van der Waals surface area contributed by atoms with Crippen molar-refractivity contribution in [1.29, 1.82) is 0 Å². The highest BCUT2D eigenvalue weighted by molar-refractivity contribution is 6.30. The monoisotopic (exact) mass is 298 g/mol. The number of halogens is 1. The van der Waals surface area contributed by atoms with Crippen LogP contribution in [0.1, 0.15) is 11.4 Å². The number of nitrogens with zero attached hydrogens (tertiary/aromatic N) is 2. The quantitative estimate of drug-likeness (QED) is 0.764. The summed E-state index contributed by atoms with van der Waals surface area (Å²) >= 11 is 5.85. The standard InChI is InChI=1S/C16H15ClN4/c1-11-2-4-12(5-3-11)16-19-15(20-21-16)10-18-14-8-6-13(17)7-9-14/h2-9,18H,10H2,1H3,(H,19,20,21). The number of aromatic nitrogens is 3. The molecule has 1 aromatic heterocycles. The molecule has 1 heterocycles. The molecule has 0 atom stereocenters. The van der Waals surface area contributed by atoms with Gasteiger partial charge in [-0.2, -0.15) is 5.10 Å². The first-order valence-electron chi connectivity index (χ1n) is 6.68. The summed E-state index contributed by atoms with van der Waals surface area (Å²) in [5.41, 5.74) is 3.22. The van der Waals surface area contributed by atoms with Gasteiger partial charge in [-0.25, -0.2) is 4.98 Å². The number of benzene rings is 2. The van der Waals surface area contributed by atoms with E-state index >= 15 is 0 Å². The molecule has 0 aliphatic carbocycles. The molecule has 0 aliphatic heterocycles. The highest BCUT2D eigenvalue weighted by atomic mass is 35.5.